The van der Waals surface area contributed by atoms with E-state index in [4.69, 9.17) is 4.74 Å². The minimum Gasteiger partial charge on any atom is -0.385 e. The molecule has 0 bridgehead atoms. The smallest absolute Gasteiger partial charge is 0.295 e. The largest absolute Gasteiger partial charge is 0.385 e. The molecule has 0 radical (unpaired) electrons. The summed E-state index contributed by atoms with van der Waals surface area (Å²) in [5.74, 6) is -1.22. The molecule has 1 heterocycles. The van der Waals surface area contributed by atoms with Crippen LogP contribution < -0.4 is 5.32 Å². The van der Waals surface area contributed by atoms with Crippen molar-refractivity contribution in [2.45, 2.75) is 26.8 Å². The number of ether oxygens (including phenoxy) is 1. The highest BCUT2D eigenvalue weighted by Crippen LogP contribution is 2.22. The number of carbonyl (C=O) groups excluding carboxylic acids is 3. The summed E-state index contributed by atoms with van der Waals surface area (Å²) in [6, 6.07) is 7.29. The Bertz CT molecular complexity index is 809. The number of ketones is 1. The van der Waals surface area contributed by atoms with Gasteiger partial charge in [-0.15, -0.1) is 0 Å². The van der Waals surface area contributed by atoms with E-state index in [2.05, 4.69) is 5.32 Å². The standard InChI is InChI=1S/C20H27N3O4/c1-4-22(5-2)20(26)19(25)16-13-23(17-10-7-6-9-15(16)17)14-18(24)21-11-8-12-27-3/h6-7,9-10,13H,4-5,8,11-12,14H2,1-3H3,(H,21,24). The Kier molecular flexibility index (Phi) is 7.55. The van der Waals surface area contributed by atoms with E-state index in [1.54, 1.807) is 23.9 Å². The summed E-state index contributed by atoms with van der Waals surface area (Å²) in [6.45, 7) is 5.82. The third-order valence-electron chi connectivity index (χ3n) is 4.44. The zero-order valence-electron chi connectivity index (χ0n) is 16.2. The Hall–Kier alpha value is -2.67. The fourth-order valence-corrected chi connectivity index (χ4v) is 2.98. The number of rotatable bonds is 10. The van der Waals surface area contributed by atoms with Gasteiger partial charge >= 0.3 is 0 Å². The lowest BCUT2D eigenvalue weighted by Crippen LogP contribution is -2.36. The van der Waals surface area contributed by atoms with Gasteiger partial charge in [-0.25, -0.2) is 0 Å². The summed E-state index contributed by atoms with van der Waals surface area (Å²) in [4.78, 5) is 38.9. The van der Waals surface area contributed by atoms with E-state index in [9.17, 15) is 14.4 Å². The predicted octanol–water partition coefficient (Wildman–Crippen LogP) is 1.85. The summed E-state index contributed by atoms with van der Waals surface area (Å²) in [5.41, 5.74) is 1.08. The zero-order chi connectivity index (χ0) is 19.8. The monoisotopic (exact) mass is 373 g/mol. The third kappa shape index (κ3) is 4.95. The van der Waals surface area contributed by atoms with Gasteiger partial charge in [-0.2, -0.15) is 0 Å². The molecule has 7 nitrogen and oxygen atoms in total. The summed E-state index contributed by atoms with van der Waals surface area (Å²) < 4.78 is 6.67. The van der Waals surface area contributed by atoms with E-state index >= 15 is 0 Å². The van der Waals surface area contributed by atoms with Crippen LogP contribution >= 0.6 is 0 Å². The molecule has 0 spiro atoms. The first-order chi connectivity index (χ1) is 13.0. The maximum atomic E-state index is 12.7. The number of amides is 2. The number of Topliss-reactive ketones (excluding diaryl/α,β-unsaturated/α-hetero) is 1. The number of carbonyl (C=O) groups is 3. The van der Waals surface area contributed by atoms with Gasteiger partial charge in [0.15, 0.2) is 0 Å². The molecular formula is C20H27N3O4. The fraction of sp³-hybridized carbons (Fsp3) is 0.450. The molecule has 27 heavy (non-hydrogen) atoms. The van der Waals surface area contributed by atoms with Crippen LogP contribution in [-0.4, -0.2) is 60.4 Å². The molecule has 1 aromatic carbocycles. The Labute approximate surface area is 159 Å². The molecule has 1 N–H and O–H groups in total. The molecule has 2 amide bonds. The summed E-state index contributed by atoms with van der Waals surface area (Å²) in [7, 11) is 1.62. The highest BCUT2D eigenvalue weighted by molar-refractivity contribution is 6.44. The van der Waals surface area contributed by atoms with Gasteiger partial charge in [-0.05, 0) is 26.3 Å². The molecule has 0 aliphatic carbocycles. The van der Waals surface area contributed by atoms with Crippen molar-refractivity contribution in [3.8, 4) is 0 Å². The lowest BCUT2D eigenvalue weighted by Gasteiger charge is -2.17. The van der Waals surface area contributed by atoms with Gasteiger partial charge in [-0.1, -0.05) is 18.2 Å². The molecule has 7 heteroatoms. The number of nitrogens with zero attached hydrogens (tertiary/aromatic N) is 2. The van der Waals surface area contributed by atoms with Crippen molar-refractivity contribution in [2.24, 2.45) is 0 Å². The third-order valence-corrected chi connectivity index (χ3v) is 4.44. The summed E-state index contributed by atoms with van der Waals surface area (Å²) in [6.07, 6.45) is 2.33. The first kappa shape index (κ1) is 20.6. The minimum atomic E-state index is -0.547. The van der Waals surface area contributed by atoms with E-state index in [1.807, 2.05) is 32.0 Å². The molecule has 0 aliphatic rings. The number of benzene rings is 1. The number of hydrogen-bond donors (Lipinski definition) is 1. The van der Waals surface area contributed by atoms with Crippen LogP contribution in [0.1, 0.15) is 30.6 Å². The van der Waals surface area contributed by atoms with Crippen LogP contribution in [0.5, 0.6) is 0 Å². The number of aromatic nitrogens is 1. The van der Waals surface area contributed by atoms with Crippen LogP contribution in [0.25, 0.3) is 10.9 Å². The average molecular weight is 373 g/mol. The number of methoxy groups -OCH3 is 1. The molecule has 2 aromatic rings. The summed E-state index contributed by atoms with van der Waals surface area (Å²) >= 11 is 0. The second-order valence-electron chi connectivity index (χ2n) is 6.19. The molecule has 0 unspecified atom stereocenters. The summed E-state index contributed by atoms with van der Waals surface area (Å²) in [5, 5.41) is 3.50. The van der Waals surface area contributed by atoms with Crippen molar-refractivity contribution in [3.63, 3.8) is 0 Å². The normalized spacial score (nSPS) is 10.8. The van der Waals surface area contributed by atoms with Gasteiger partial charge in [0, 0.05) is 50.5 Å². The Morgan fingerprint density at radius 3 is 2.52 bits per heavy atom. The lowest BCUT2D eigenvalue weighted by molar-refractivity contribution is -0.126. The molecule has 0 saturated carbocycles. The van der Waals surface area contributed by atoms with Gasteiger partial charge < -0.3 is 19.5 Å². The van der Waals surface area contributed by atoms with Crippen molar-refractivity contribution in [1.82, 2.24) is 14.8 Å². The van der Waals surface area contributed by atoms with Crippen LogP contribution in [0, 0.1) is 0 Å². The molecule has 146 valence electrons. The number of nitrogens with one attached hydrogen (secondary N) is 1. The average Bonchev–Trinajstić information content (AvgIpc) is 3.04. The quantitative estimate of drug-likeness (QED) is 0.391. The lowest BCUT2D eigenvalue weighted by atomic mass is 10.1. The van der Waals surface area contributed by atoms with Crippen molar-refractivity contribution in [3.05, 3.63) is 36.0 Å². The number of likely N-dealkylation sites (N-methyl/N-ethyl adjacent to an activating group) is 1. The highest BCUT2D eigenvalue weighted by Gasteiger charge is 2.25. The SMILES string of the molecule is CCN(CC)C(=O)C(=O)c1cn(CC(=O)NCCCOC)c2ccccc12. The maximum Gasteiger partial charge on any atom is 0.295 e. The van der Waals surface area contributed by atoms with E-state index < -0.39 is 11.7 Å². The molecule has 0 aliphatic heterocycles. The minimum absolute atomic E-state index is 0.0836. The fourth-order valence-electron chi connectivity index (χ4n) is 2.98. The van der Waals surface area contributed by atoms with E-state index in [1.165, 1.54) is 4.90 Å². The van der Waals surface area contributed by atoms with Crippen LogP contribution in [0.3, 0.4) is 0 Å². The van der Waals surface area contributed by atoms with Crippen LogP contribution in [-0.2, 0) is 20.9 Å². The topological polar surface area (TPSA) is 80.6 Å². The Balaban J connectivity index is 2.23. The van der Waals surface area contributed by atoms with Crippen molar-refractivity contribution in [1.29, 1.82) is 0 Å². The first-order valence-corrected chi connectivity index (χ1v) is 9.20. The predicted molar refractivity (Wildman–Crippen MR) is 104 cm³/mol. The molecule has 2 rings (SSSR count). The van der Waals surface area contributed by atoms with Gasteiger partial charge in [0.2, 0.25) is 5.91 Å². The molecule has 0 fully saturated rings. The van der Waals surface area contributed by atoms with E-state index in [0.29, 0.717) is 37.2 Å². The van der Waals surface area contributed by atoms with E-state index in [0.717, 1.165) is 11.9 Å². The second kappa shape index (κ2) is 9.87. The molecular weight excluding hydrogens is 346 g/mol. The maximum absolute atomic E-state index is 12.7. The molecule has 1 aromatic heterocycles. The second-order valence-corrected chi connectivity index (χ2v) is 6.19. The van der Waals surface area contributed by atoms with Crippen LogP contribution in [0.15, 0.2) is 30.5 Å². The van der Waals surface area contributed by atoms with Gasteiger partial charge in [0.25, 0.3) is 11.7 Å². The van der Waals surface area contributed by atoms with Crippen molar-refractivity contribution < 1.29 is 19.1 Å². The van der Waals surface area contributed by atoms with Crippen molar-refractivity contribution in [2.75, 3.05) is 33.4 Å². The number of hydrogen-bond acceptors (Lipinski definition) is 4. The number of fused-ring (bicyclic) bond motifs is 1. The van der Waals surface area contributed by atoms with E-state index in [-0.39, 0.29) is 12.5 Å². The van der Waals surface area contributed by atoms with Gasteiger partial charge in [0.05, 0.1) is 5.56 Å². The van der Waals surface area contributed by atoms with Crippen LogP contribution in [0.2, 0.25) is 0 Å². The van der Waals surface area contributed by atoms with Crippen LogP contribution in [0.4, 0.5) is 0 Å². The van der Waals surface area contributed by atoms with Crippen molar-refractivity contribution >= 4 is 28.5 Å². The first-order valence-electron chi connectivity index (χ1n) is 9.20. The highest BCUT2D eigenvalue weighted by atomic mass is 16.5. The van der Waals surface area contributed by atoms with Gasteiger partial charge in [-0.3, -0.25) is 14.4 Å². The molecule has 0 saturated heterocycles. The number of para-hydroxylation sites is 1. The Morgan fingerprint density at radius 2 is 1.85 bits per heavy atom. The zero-order valence-corrected chi connectivity index (χ0v) is 16.2. The Morgan fingerprint density at radius 1 is 1.15 bits per heavy atom. The van der Waals surface area contributed by atoms with Gasteiger partial charge in [0.1, 0.15) is 6.54 Å². The molecule has 0 atom stereocenters.